The summed E-state index contributed by atoms with van der Waals surface area (Å²) in [5, 5.41) is 0. The first kappa shape index (κ1) is 12.9. The van der Waals surface area contributed by atoms with Crippen molar-refractivity contribution in [2.24, 2.45) is 0 Å². The van der Waals surface area contributed by atoms with Crippen molar-refractivity contribution in [3.8, 4) is 0 Å². The first-order valence-corrected chi connectivity index (χ1v) is 5.91. The molecule has 0 saturated carbocycles. The Kier molecular flexibility index (Phi) is 5.79. The van der Waals surface area contributed by atoms with Gasteiger partial charge in [-0.25, -0.2) is 0 Å². The topological polar surface area (TPSA) is 20.3 Å². The fraction of sp³-hybridized carbons (Fsp3) is 0.500. The van der Waals surface area contributed by atoms with E-state index in [9.17, 15) is 4.79 Å². The molecule has 0 spiro atoms. The number of aryl methyl sites for hydroxylation is 1. The summed E-state index contributed by atoms with van der Waals surface area (Å²) in [6, 6.07) is 7.88. The number of carbonyl (C=O) groups excluding carboxylic acids is 1. The zero-order valence-electron chi connectivity index (χ0n) is 10.3. The first-order valence-electron chi connectivity index (χ1n) is 5.91. The average Bonchev–Trinajstić information content (AvgIpc) is 2.29. The van der Waals surface area contributed by atoms with Crippen LogP contribution in [0, 0.1) is 0 Å². The van der Waals surface area contributed by atoms with Crippen molar-refractivity contribution in [1.29, 1.82) is 0 Å². The molecular formula is C14H21NO. The van der Waals surface area contributed by atoms with Crippen molar-refractivity contribution in [1.82, 2.24) is 4.90 Å². The van der Waals surface area contributed by atoms with Crippen molar-refractivity contribution in [3.63, 3.8) is 0 Å². The summed E-state index contributed by atoms with van der Waals surface area (Å²) >= 11 is 0. The Balaban J connectivity index is 2.19. The highest BCUT2D eigenvalue weighted by molar-refractivity contribution is 5.74. The molecule has 0 aliphatic carbocycles. The highest BCUT2D eigenvalue weighted by Gasteiger charge is 1.95. The maximum atomic E-state index is 10.5. The molecule has 2 heteroatoms. The van der Waals surface area contributed by atoms with Gasteiger partial charge in [0.15, 0.2) is 0 Å². The maximum Gasteiger partial charge on any atom is 0.150 e. The third kappa shape index (κ3) is 5.08. The molecule has 1 rings (SSSR count). The number of benzene rings is 1. The quantitative estimate of drug-likeness (QED) is 0.519. The van der Waals surface area contributed by atoms with Crippen LogP contribution in [0.15, 0.2) is 24.3 Å². The molecule has 0 heterocycles. The van der Waals surface area contributed by atoms with Crippen LogP contribution in [-0.4, -0.2) is 31.8 Å². The molecule has 0 saturated heterocycles. The van der Waals surface area contributed by atoms with E-state index in [1.54, 1.807) is 0 Å². The van der Waals surface area contributed by atoms with Crippen molar-refractivity contribution >= 4 is 6.29 Å². The fourth-order valence-electron chi connectivity index (χ4n) is 1.70. The van der Waals surface area contributed by atoms with Gasteiger partial charge in [0.2, 0.25) is 0 Å². The molecule has 1 aromatic rings. The van der Waals surface area contributed by atoms with Crippen molar-refractivity contribution in [2.45, 2.75) is 25.7 Å². The molecule has 0 fully saturated rings. The Morgan fingerprint density at radius 3 is 2.31 bits per heavy atom. The molecule has 0 unspecified atom stereocenters. The SMILES string of the molecule is CN(C)CCCCCc1ccc(C=O)cc1. The fourth-order valence-corrected chi connectivity index (χ4v) is 1.70. The summed E-state index contributed by atoms with van der Waals surface area (Å²) in [5.41, 5.74) is 2.09. The van der Waals surface area contributed by atoms with Crippen molar-refractivity contribution in [3.05, 3.63) is 35.4 Å². The molecule has 0 bridgehead atoms. The minimum absolute atomic E-state index is 0.761. The van der Waals surface area contributed by atoms with E-state index >= 15 is 0 Å². The number of nitrogens with zero attached hydrogens (tertiary/aromatic N) is 1. The minimum atomic E-state index is 0.761. The third-order valence-corrected chi connectivity index (χ3v) is 2.69. The van der Waals surface area contributed by atoms with Crippen LogP contribution in [0.25, 0.3) is 0 Å². The Hall–Kier alpha value is -1.15. The predicted octanol–water partition coefficient (Wildman–Crippen LogP) is 2.77. The lowest BCUT2D eigenvalue weighted by Crippen LogP contribution is -2.12. The predicted molar refractivity (Wildman–Crippen MR) is 67.9 cm³/mol. The molecule has 0 atom stereocenters. The third-order valence-electron chi connectivity index (χ3n) is 2.69. The summed E-state index contributed by atoms with van der Waals surface area (Å²) in [4.78, 5) is 12.7. The van der Waals surface area contributed by atoms with E-state index < -0.39 is 0 Å². The lowest BCUT2D eigenvalue weighted by molar-refractivity contribution is 0.112. The van der Waals surface area contributed by atoms with Crippen LogP contribution >= 0.6 is 0 Å². The van der Waals surface area contributed by atoms with E-state index in [-0.39, 0.29) is 0 Å². The van der Waals surface area contributed by atoms with Crippen LogP contribution in [0.1, 0.15) is 35.2 Å². The Bertz CT molecular complexity index is 303. The molecule has 1 aromatic carbocycles. The van der Waals surface area contributed by atoms with Crippen LogP contribution in [0.5, 0.6) is 0 Å². The van der Waals surface area contributed by atoms with Gasteiger partial charge in [-0.3, -0.25) is 4.79 Å². The largest absolute Gasteiger partial charge is 0.309 e. The minimum Gasteiger partial charge on any atom is -0.309 e. The van der Waals surface area contributed by atoms with Gasteiger partial charge in [-0.1, -0.05) is 30.7 Å². The number of hydrogen-bond donors (Lipinski definition) is 0. The number of unbranched alkanes of at least 4 members (excludes halogenated alkanes) is 2. The molecule has 2 nitrogen and oxygen atoms in total. The smallest absolute Gasteiger partial charge is 0.150 e. The van der Waals surface area contributed by atoms with E-state index in [4.69, 9.17) is 0 Å². The first-order chi connectivity index (χ1) is 7.72. The molecule has 0 aliphatic rings. The van der Waals surface area contributed by atoms with Gasteiger partial charge in [-0.05, 0) is 45.5 Å². The zero-order valence-corrected chi connectivity index (χ0v) is 10.3. The van der Waals surface area contributed by atoms with Crippen LogP contribution in [0.4, 0.5) is 0 Å². The zero-order chi connectivity index (χ0) is 11.8. The molecule has 0 radical (unpaired) electrons. The lowest BCUT2D eigenvalue weighted by atomic mass is 10.1. The second-order valence-corrected chi connectivity index (χ2v) is 4.47. The molecule has 88 valence electrons. The summed E-state index contributed by atoms with van der Waals surface area (Å²) in [7, 11) is 4.22. The van der Waals surface area contributed by atoms with E-state index in [0.29, 0.717) is 0 Å². The lowest BCUT2D eigenvalue weighted by Gasteiger charge is -2.08. The van der Waals surface area contributed by atoms with E-state index in [2.05, 4.69) is 31.1 Å². The van der Waals surface area contributed by atoms with Gasteiger partial charge in [0.05, 0.1) is 0 Å². The van der Waals surface area contributed by atoms with Crippen molar-refractivity contribution in [2.75, 3.05) is 20.6 Å². The Morgan fingerprint density at radius 2 is 1.75 bits per heavy atom. The number of carbonyl (C=O) groups is 1. The summed E-state index contributed by atoms with van der Waals surface area (Å²) in [5.74, 6) is 0. The van der Waals surface area contributed by atoms with Crippen LogP contribution in [0.3, 0.4) is 0 Å². The van der Waals surface area contributed by atoms with Crippen LogP contribution in [0.2, 0.25) is 0 Å². The van der Waals surface area contributed by atoms with E-state index in [1.165, 1.54) is 31.4 Å². The molecule has 16 heavy (non-hydrogen) atoms. The van der Waals surface area contributed by atoms with Gasteiger partial charge in [-0.15, -0.1) is 0 Å². The standard InChI is InChI=1S/C14H21NO/c1-15(2)11-5-3-4-6-13-7-9-14(12-16)10-8-13/h7-10,12H,3-6,11H2,1-2H3. The Labute approximate surface area is 98.3 Å². The number of aldehydes is 1. The second-order valence-electron chi connectivity index (χ2n) is 4.47. The number of hydrogen-bond acceptors (Lipinski definition) is 2. The van der Waals surface area contributed by atoms with E-state index in [0.717, 1.165) is 18.3 Å². The van der Waals surface area contributed by atoms with Gasteiger partial charge in [0, 0.05) is 5.56 Å². The van der Waals surface area contributed by atoms with Gasteiger partial charge in [0.25, 0.3) is 0 Å². The maximum absolute atomic E-state index is 10.5. The highest BCUT2D eigenvalue weighted by Crippen LogP contribution is 2.08. The number of rotatable bonds is 7. The molecule has 0 amide bonds. The normalized spacial score (nSPS) is 10.7. The van der Waals surface area contributed by atoms with E-state index in [1.807, 2.05) is 12.1 Å². The van der Waals surface area contributed by atoms with Crippen LogP contribution in [-0.2, 0) is 6.42 Å². The van der Waals surface area contributed by atoms with Gasteiger partial charge < -0.3 is 4.90 Å². The average molecular weight is 219 g/mol. The molecule has 0 N–H and O–H groups in total. The molecule has 0 aliphatic heterocycles. The summed E-state index contributed by atoms with van der Waals surface area (Å²) < 4.78 is 0. The summed E-state index contributed by atoms with van der Waals surface area (Å²) in [6.45, 7) is 1.17. The van der Waals surface area contributed by atoms with Gasteiger partial charge in [0.1, 0.15) is 6.29 Å². The summed E-state index contributed by atoms with van der Waals surface area (Å²) in [6.07, 6.45) is 5.77. The van der Waals surface area contributed by atoms with Gasteiger partial charge >= 0.3 is 0 Å². The van der Waals surface area contributed by atoms with Crippen LogP contribution < -0.4 is 0 Å². The monoisotopic (exact) mass is 219 g/mol. The van der Waals surface area contributed by atoms with Crippen molar-refractivity contribution < 1.29 is 4.79 Å². The Morgan fingerprint density at radius 1 is 1.06 bits per heavy atom. The second kappa shape index (κ2) is 7.18. The molecule has 0 aromatic heterocycles. The van der Waals surface area contributed by atoms with Gasteiger partial charge in [-0.2, -0.15) is 0 Å². The highest BCUT2D eigenvalue weighted by atomic mass is 16.1. The molecular weight excluding hydrogens is 198 g/mol.